The molecule has 0 atom stereocenters. The summed E-state index contributed by atoms with van der Waals surface area (Å²) in [6, 6.07) is 7.55. The van der Waals surface area contributed by atoms with Gasteiger partial charge in [-0.2, -0.15) is 0 Å². The monoisotopic (exact) mass is 353 g/mol. The number of benzene rings is 1. The zero-order chi connectivity index (χ0) is 18.5. The fraction of sp³-hybridized carbons (Fsp3) is 0.300. The number of carbonyl (C=O) groups excluding carboxylic acids is 1. The first-order valence-electron chi connectivity index (χ1n) is 8.50. The van der Waals surface area contributed by atoms with Gasteiger partial charge in [0, 0.05) is 31.5 Å². The van der Waals surface area contributed by atoms with Crippen LogP contribution in [0.4, 0.5) is 5.69 Å². The van der Waals surface area contributed by atoms with Gasteiger partial charge in [0.1, 0.15) is 5.69 Å². The van der Waals surface area contributed by atoms with E-state index >= 15 is 0 Å². The minimum atomic E-state index is -0.0762. The molecule has 0 saturated carbocycles. The van der Waals surface area contributed by atoms with Gasteiger partial charge in [0.2, 0.25) is 0 Å². The molecule has 0 spiro atoms. The number of nitrogens with one attached hydrogen (secondary N) is 1. The Morgan fingerprint density at radius 3 is 2.69 bits per heavy atom. The third-order valence-corrected chi connectivity index (χ3v) is 4.43. The predicted molar refractivity (Wildman–Crippen MR) is 101 cm³/mol. The van der Waals surface area contributed by atoms with Crippen LogP contribution in [0.3, 0.4) is 0 Å². The first-order chi connectivity index (χ1) is 12.7. The predicted octanol–water partition coefficient (Wildman–Crippen LogP) is 2.90. The van der Waals surface area contributed by atoms with Crippen molar-refractivity contribution in [2.45, 2.75) is 13.0 Å². The molecular formula is C20H23N3O3. The van der Waals surface area contributed by atoms with Gasteiger partial charge in [-0.1, -0.05) is 6.08 Å². The van der Waals surface area contributed by atoms with E-state index in [0.717, 1.165) is 17.7 Å². The number of anilines is 1. The van der Waals surface area contributed by atoms with Gasteiger partial charge in [-0.3, -0.25) is 9.78 Å². The highest BCUT2D eigenvalue weighted by atomic mass is 16.5. The van der Waals surface area contributed by atoms with Crippen LogP contribution in [0.5, 0.6) is 11.5 Å². The van der Waals surface area contributed by atoms with Crippen LogP contribution in [-0.4, -0.2) is 43.1 Å². The number of methoxy groups -OCH3 is 2. The smallest absolute Gasteiger partial charge is 0.272 e. The first-order valence-corrected chi connectivity index (χ1v) is 8.50. The zero-order valence-corrected chi connectivity index (χ0v) is 15.1. The minimum absolute atomic E-state index is 0.0762. The van der Waals surface area contributed by atoms with Gasteiger partial charge in [0.05, 0.1) is 14.2 Å². The summed E-state index contributed by atoms with van der Waals surface area (Å²) in [7, 11) is 3.24. The molecule has 26 heavy (non-hydrogen) atoms. The number of pyridine rings is 1. The van der Waals surface area contributed by atoms with Gasteiger partial charge < -0.3 is 19.7 Å². The largest absolute Gasteiger partial charge is 0.493 e. The van der Waals surface area contributed by atoms with E-state index in [-0.39, 0.29) is 5.91 Å². The Kier molecular flexibility index (Phi) is 5.41. The lowest BCUT2D eigenvalue weighted by molar-refractivity contribution is 0.0728. The molecule has 1 aliphatic rings. The molecule has 3 rings (SSSR count). The summed E-state index contributed by atoms with van der Waals surface area (Å²) in [5.41, 5.74) is 3.54. The summed E-state index contributed by atoms with van der Waals surface area (Å²) in [6.45, 7) is 5.49. The summed E-state index contributed by atoms with van der Waals surface area (Å²) in [6.07, 6.45) is 4.19. The Hall–Kier alpha value is -3.02. The highest BCUT2D eigenvalue weighted by Crippen LogP contribution is 2.33. The van der Waals surface area contributed by atoms with Gasteiger partial charge in [-0.05, 0) is 41.8 Å². The zero-order valence-electron chi connectivity index (χ0n) is 15.1. The Morgan fingerprint density at radius 1 is 1.27 bits per heavy atom. The van der Waals surface area contributed by atoms with Crippen LogP contribution in [0.25, 0.3) is 0 Å². The number of carbonyl (C=O) groups is 1. The third kappa shape index (κ3) is 3.64. The highest BCUT2D eigenvalue weighted by molar-refractivity contribution is 5.93. The van der Waals surface area contributed by atoms with Crippen LogP contribution in [0.2, 0.25) is 0 Å². The lowest BCUT2D eigenvalue weighted by Crippen LogP contribution is -2.36. The van der Waals surface area contributed by atoms with E-state index in [1.165, 1.54) is 5.56 Å². The number of fused-ring (bicyclic) bond motifs is 1. The topological polar surface area (TPSA) is 63.7 Å². The van der Waals surface area contributed by atoms with Crippen molar-refractivity contribution in [1.82, 2.24) is 9.88 Å². The molecule has 1 aliphatic heterocycles. The number of hydrogen-bond acceptors (Lipinski definition) is 5. The SMILES string of the molecule is C=CCNc1ccnc(C(=O)N2CCc3cc(OC)c(OC)cc3C2)c1. The number of amides is 1. The van der Waals surface area contributed by atoms with Gasteiger partial charge in [-0.15, -0.1) is 6.58 Å². The van der Waals surface area contributed by atoms with Crippen molar-refractivity contribution >= 4 is 11.6 Å². The molecule has 136 valence electrons. The van der Waals surface area contributed by atoms with E-state index in [4.69, 9.17) is 9.47 Å². The fourth-order valence-electron chi connectivity index (χ4n) is 3.07. The number of rotatable bonds is 6. The summed E-state index contributed by atoms with van der Waals surface area (Å²) in [4.78, 5) is 18.9. The van der Waals surface area contributed by atoms with Gasteiger partial charge in [-0.25, -0.2) is 0 Å². The molecule has 0 saturated heterocycles. The minimum Gasteiger partial charge on any atom is -0.493 e. The molecule has 2 heterocycles. The third-order valence-electron chi connectivity index (χ3n) is 4.43. The number of nitrogens with zero attached hydrogens (tertiary/aromatic N) is 2. The van der Waals surface area contributed by atoms with E-state index in [1.54, 1.807) is 32.6 Å². The molecule has 1 N–H and O–H groups in total. The van der Waals surface area contributed by atoms with Crippen molar-refractivity contribution in [3.8, 4) is 11.5 Å². The lowest BCUT2D eigenvalue weighted by Gasteiger charge is -2.29. The first kappa shape index (κ1) is 17.8. The van der Waals surface area contributed by atoms with Crippen LogP contribution in [0.15, 0.2) is 43.1 Å². The molecule has 0 fully saturated rings. The van der Waals surface area contributed by atoms with Crippen LogP contribution < -0.4 is 14.8 Å². The Labute approximate surface area is 153 Å². The van der Waals surface area contributed by atoms with Gasteiger partial charge >= 0.3 is 0 Å². The standard InChI is InChI=1S/C20H23N3O3/c1-4-7-21-16-5-8-22-17(12-16)20(24)23-9-6-14-10-18(25-2)19(26-3)11-15(14)13-23/h4-5,8,10-12H,1,6-7,9,13H2,2-3H3,(H,21,22). The number of hydrogen-bond donors (Lipinski definition) is 1. The average molecular weight is 353 g/mol. The van der Waals surface area contributed by atoms with Crippen molar-refractivity contribution in [2.24, 2.45) is 0 Å². The number of ether oxygens (including phenoxy) is 2. The van der Waals surface area contributed by atoms with Crippen molar-refractivity contribution in [3.63, 3.8) is 0 Å². The Bertz CT molecular complexity index is 820. The van der Waals surface area contributed by atoms with E-state index < -0.39 is 0 Å². The molecule has 2 aromatic rings. The van der Waals surface area contributed by atoms with Gasteiger partial charge in [0.25, 0.3) is 5.91 Å². The molecule has 1 amide bonds. The molecule has 6 nitrogen and oxygen atoms in total. The molecule has 0 aliphatic carbocycles. The van der Waals surface area contributed by atoms with Crippen LogP contribution >= 0.6 is 0 Å². The quantitative estimate of drug-likeness (QED) is 0.809. The second kappa shape index (κ2) is 7.91. The molecule has 0 radical (unpaired) electrons. The molecule has 6 heteroatoms. The normalized spacial score (nSPS) is 12.9. The van der Waals surface area contributed by atoms with Gasteiger partial charge in [0.15, 0.2) is 11.5 Å². The maximum atomic E-state index is 12.9. The van der Waals surface area contributed by atoms with Crippen LogP contribution in [0, 0.1) is 0 Å². The maximum Gasteiger partial charge on any atom is 0.272 e. The van der Waals surface area contributed by atoms with E-state index in [0.29, 0.717) is 36.8 Å². The second-order valence-corrected chi connectivity index (χ2v) is 6.05. The molecular weight excluding hydrogens is 330 g/mol. The summed E-state index contributed by atoms with van der Waals surface area (Å²) >= 11 is 0. The fourth-order valence-corrected chi connectivity index (χ4v) is 3.07. The van der Waals surface area contributed by atoms with E-state index in [1.807, 2.05) is 23.1 Å². The molecule has 0 unspecified atom stereocenters. The van der Waals surface area contributed by atoms with E-state index in [2.05, 4.69) is 16.9 Å². The second-order valence-electron chi connectivity index (χ2n) is 6.05. The Balaban J connectivity index is 1.80. The average Bonchev–Trinajstić information content (AvgIpc) is 2.70. The summed E-state index contributed by atoms with van der Waals surface area (Å²) in [5, 5.41) is 3.18. The van der Waals surface area contributed by atoms with Crippen LogP contribution in [-0.2, 0) is 13.0 Å². The van der Waals surface area contributed by atoms with Crippen molar-refractivity contribution in [2.75, 3.05) is 32.6 Å². The summed E-state index contributed by atoms with van der Waals surface area (Å²) in [5.74, 6) is 1.32. The van der Waals surface area contributed by atoms with Crippen molar-refractivity contribution < 1.29 is 14.3 Å². The van der Waals surface area contributed by atoms with Crippen molar-refractivity contribution in [3.05, 3.63) is 59.9 Å². The maximum absolute atomic E-state index is 12.9. The Morgan fingerprint density at radius 2 is 2.00 bits per heavy atom. The molecule has 1 aromatic heterocycles. The molecule has 0 bridgehead atoms. The number of aromatic nitrogens is 1. The lowest BCUT2D eigenvalue weighted by atomic mass is 9.98. The highest BCUT2D eigenvalue weighted by Gasteiger charge is 2.24. The molecule has 1 aromatic carbocycles. The van der Waals surface area contributed by atoms with Crippen LogP contribution in [0.1, 0.15) is 21.6 Å². The van der Waals surface area contributed by atoms with Crippen molar-refractivity contribution in [1.29, 1.82) is 0 Å². The van der Waals surface area contributed by atoms with E-state index in [9.17, 15) is 4.79 Å². The summed E-state index contributed by atoms with van der Waals surface area (Å²) < 4.78 is 10.7.